The number of imidazole rings is 1. The second-order valence-electron chi connectivity index (χ2n) is 7.85. The Morgan fingerprint density at radius 3 is 2.69 bits per heavy atom. The number of benzene rings is 2. The number of carbonyl (C=O) groups is 1. The van der Waals surface area contributed by atoms with Crippen LogP contribution in [0.5, 0.6) is 10.9 Å². The fourth-order valence-corrected chi connectivity index (χ4v) is 4.77. The molecule has 4 aromatic rings. The molecule has 1 saturated heterocycles. The molecule has 1 fully saturated rings. The summed E-state index contributed by atoms with van der Waals surface area (Å²) in [5.41, 5.74) is 2.74. The van der Waals surface area contributed by atoms with Crippen molar-refractivity contribution in [3.05, 3.63) is 72.3 Å². The zero-order chi connectivity index (χ0) is 21.9. The van der Waals surface area contributed by atoms with Gasteiger partial charge in [-0.15, -0.1) is 0 Å². The highest BCUT2D eigenvalue weighted by atomic mass is 32.1. The summed E-state index contributed by atoms with van der Waals surface area (Å²) >= 11 is 1.54. The maximum Gasteiger partial charge on any atom is 0.274 e. The summed E-state index contributed by atoms with van der Waals surface area (Å²) in [6.45, 7) is 2.10. The number of hydrogen-bond donors (Lipinski definition) is 0. The molecular formula is C24H24N4O3S. The molecule has 0 saturated carbocycles. The van der Waals surface area contributed by atoms with Crippen LogP contribution in [0.15, 0.2) is 61.2 Å². The topological polar surface area (TPSA) is 69.5 Å². The average Bonchev–Trinajstić information content (AvgIpc) is 3.48. The second kappa shape index (κ2) is 9.00. The van der Waals surface area contributed by atoms with Gasteiger partial charge in [-0.1, -0.05) is 23.5 Å². The molecule has 5 rings (SSSR count). The Morgan fingerprint density at radius 2 is 1.97 bits per heavy atom. The maximum absolute atomic E-state index is 12.9. The minimum absolute atomic E-state index is 0.0686. The summed E-state index contributed by atoms with van der Waals surface area (Å²) in [5.74, 6) is 0.862. The van der Waals surface area contributed by atoms with E-state index in [2.05, 4.69) is 9.97 Å². The number of thiazole rings is 1. The molecule has 3 heterocycles. The lowest BCUT2D eigenvalue weighted by Crippen LogP contribution is -2.41. The van der Waals surface area contributed by atoms with Gasteiger partial charge in [-0.25, -0.2) is 9.97 Å². The number of ether oxygens (including phenoxy) is 2. The van der Waals surface area contributed by atoms with Crippen LogP contribution in [0.2, 0.25) is 0 Å². The SMILES string of the molecule is COc1ccc2sc(OC3CCN(C(=O)c4ccc(Cn5ccnc5)cc4)CC3)nc2c1. The molecule has 2 aromatic heterocycles. The third-order valence-corrected chi connectivity index (χ3v) is 6.62. The molecule has 0 atom stereocenters. The Balaban J connectivity index is 1.16. The number of carbonyl (C=O) groups excluding carboxylic acids is 1. The first-order chi connectivity index (χ1) is 15.7. The van der Waals surface area contributed by atoms with Gasteiger partial charge in [0, 0.05) is 56.5 Å². The maximum atomic E-state index is 12.9. The fourth-order valence-electron chi connectivity index (χ4n) is 3.91. The number of aromatic nitrogens is 3. The van der Waals surface area contributed by atoms with Gasteiger partial charge in [0.05, 0.1) is 23.7 Å². The van der Waals surface area contributed by atoms with E-state index in [1.54, 1.807) is 31.0 Å². The number of hydrogen-bond acceptors (Lipinski definition) is 6. The Morgan fingerprint density at radius 1 is 1.16 bits per heavy atom. The summed E-state index contributed by atoms with van der Waals surface area (Å²) < 4.78 is 14.5. The number of methoxy groups -OCH3 is 1. The third-order valence-electron chi connectivity index (χ3n) is 5.70. The Bertz CT molecular complexity index is 1200. The molecule has 164 valence electrons. The molecule has 1 amide bonds. The average molecular weight is 449 g/mol. The number of amides is 1. The van der Waals surface area contributed by atoms with Gasteiger partial charge in [-0.2, -0.15) is 0 Å². The summed E-state index contributed by atoms with van der Waals surface area (Å²) in [6, 6.07) is 13.7. The lowest BCUT2D eigenvalue weighted by atomic mass is 10.1. The Kier molecular flexibility index (Phi) is 5.77. The molecule has 8 heteroatoms. The molecule has 0 aliphatic carbocycles. The van der Waals surface area contributed by atoms with E-state index in [1.165, 1.54) is 0 Å². The van der Waals surface area contributed by atoms with Crippen molar-refractivity contribution in [3.63, 3.8) is 0 Å². The first-order valence-corrected chi connectivity index (χ1v) is 11.4. The highest BCUT2D eigenvalue weighted by Crippen LogP contribution is 2.32. The molecule has 0 unspecified atom stereocenters. The summed E-state index contributed by atoms with van der Waals surface area (Å²) in [5, 5.41) is 0.673. The van der Waals surface area contributed by atoms with Crippen molar-refractivity contribution in [3.8, 4) is 10.9 Å². The van der Waals surface area contributed by atoms with Gasteiger partial charge in [-0.3, -0.25) is 4.79 Å². The lowest BCUT2D eigenvalue weighted by molar-refractivity contribution is 0.0595. The number of nitrogens with zero attached hydrogens (tertiary/aromatic N) is 4. The minimum Gasteiger partial charge on any atom is -0.497 e. The number of fused-ring (bicyclic) bond motifs is 1. The van der Waals surface area contributed by atoms with E-state index in [1.807, 2.05) is 58.1 Å². The van der Waals surface area contributed by atoms with Gasteiger partial charge < -0.3 is 18.9 Å². The normalized spacial score (nSPS) is 14.6. The number of likely N-dealkylation sites (tertiary alicyclic amines) is 1. The van der Waals surface area contributed by atoms with E-state index in [4.69, 9.17) is 9.47 Å². The molecule has 0 N–H and O–H groups in total. The molecule has 1 aliphatic rings. The van der Waals surface area contributed by atoms with Crippen LogP contribution in [0.4, 0.5) is 0 Å². The minimum atomic E-state index is 0.0686. The van der Waals surface area contributed by atoms with Crippen molar-refractivity contribution in [2.45, 2.75) is 25.5 Å². The van der Waals surface area contributed by atoms with Gasteiger partial charge in [0.25, 0.3) is 11.1 Å². The summed E-state index contributed by atoms with van der Waals surface area (Å²) in [7, 11) is 1.65. The first kappa shape index (κ1) is 20.5. The molecule has 0 bridgehead atoms. The number of piperidine rings is 1. The van der Waals surface area contributed by atoms with E-state index >= 15 is 0 Å². The quantitative estimate of drug-likeness (QED) is 0.441. The second-order valence-corrected chi connectivity index (χ2v) is 8.85. The number of rotatable bonds is 6. The van der Waals surface area contributed by atoms with Gasteiger partial charge >= 0.3 is 0 Å². The monoisotopic (exact) mass is 448 g/mol. The summed E-state index contributed by atoms with van der Waals surface area (Å²) in [4.78, 5) is 23.5. The van der Waals surface area contributed by atoms with Crippen LogP contribution in [-0.4, -0.2) is 51.6 Å². The molecule has 1 aliphatic heterocycles. The van der Waals surface area contributed by atoms with Gasteiger partial charge in [0.15, 0.2) is 0 Å². The highest BCUT2D eigenvalue weighted by molar-refractivity contribution is 7.20. The van der Waals surface area contributed by atoms with E-state index in [0.29, 0.717) is 18.3 Å². The molecule has 32 heavy (non-hydrogen) atoms. The van der Waals surface area contributed by atoms with Crippen molar-refractivity contribution in [2.24, 2.45) is 0 Å². The Hall–Kier alpha value is -3.39. The van der Waals surface area contributed by atoms with Crippen molar-refractivity contribution in [1.29, 1.82) is 0 Å². The van der Waals surface area contributed by atoms with Crippen LogP contribution in [0, 0.1) is 0 Å². The van der Waals surface area contributed by atoms with Crippen molar-refractivity contribution in [1.82, 2.24) is 19.4 Å². The van der Waals surface area contributed by atoms with Gasteiger partial charge in [-0.05, 0) is 29.8 Å². The van der Waals surface area contributed by atoms with Crippen molar-refractivity contribution in [2.75, 3.05) is 20.2 Å². The van der Waals surface area contributed by atoms with Crippen LogP contribution in [0.1, 0.15) is 28.8 Å². The standard InChI is InChI=1S/C24H24N4O3S/c1-30-20-6-7-22-21(14-20)26-24(32-22)31-19-8-11-28(12-9-19)23(29)18-4-2-17(3-5-18)15-27-13-10-25-16-27/h2-7,10,13-14,16,19H,8-9,11-12,15H2,1H3. The van der Waals surface area contributed by atoms with Crippen LogP contribution in [0.25, 0.3) is 10.2 Å². The predicted molar refractivity (Wildman–Crippen MR) is 123 cm³/mol. The smallest absolute Gasteiger partial charge is 0.274 e. The zero-order valence-electron chi connectivity index (χ0n) is 17.8. The largest absolute Gasteiger partial charge is 0.497 e. The van der Waals surface area contributed by atoms with Crippen LogP contribution in [-0.2, 0) is 6.54 Å². The molecule has 0 spiro atoms. The molecule has 2 aromatic carbocycles. The van der Waals surface area contributed by atoms with Crippen LogP contribution in [0.3, 0.4) is 0 Å². The van der Waals surface area contributed by atoms with Gasteiger partial charge in [0.1, 0.15) is 11.9 Å². The van der Waals surface area contributed by atoms with Gasteiger partial charge in [0.2, 0.25) is 0 Å². The third kappa shape index (κ3) is 4.45. The molecule has 7 nitrogen and oxygen atoms in total. The van der Waals surface area contributed by atoms with Crippen LogP contribution >= 0.6 is 11.3 Å². The first-order valence-electron chi connectivity index (χ1n) is 10.6. The Labute approximate surface area is 190 Å². The fraction of sp³-hybridized carbons (Fsp3) is 0.292. The lowest BCUT2D eigenvalue weighted by Gasteiger charge is -2.31. The van der Waals surface area contributed by atoms with Crippen molar-refractivity contribution >= 4 is 27.5 Å². The van der Waals surface area contributed by atoms with Crippen molar-refractivity contribution < 1.29 is 14.3 Å². The van der Waals surface area contributed by atoms with E-state index < -0.39 is 0 Å². The predicted octanol–water partition coefficient (Wildman–Crippen LogP) is 4.23. The van der Waals surface area contributed by atoms with E-state index in [0.717, 1.165) is 46.5 Å². The van der Waals surface area contributed by atoms with E-state index in [-0.39, 0.29) is 12.0 Å². The molecule has 0 radical (unpaired) electrons. The highest BCUT2D eigenvalue weighted by Gasteiger charge is 2.25. The zero-order valence-corrected chi connectivity index (χ0v) is 18.6. The summed E-state index contributed by atoms with van der Waals surface area (Å²) in [6.07, 6.45) is 7.14. The molecular weight excluding hydrogens is 424 g/mol. The van der Waals surface area contributed by atoms with E-state index in [9.17, 15) is 4.79 Å². The van der Waals surface area contributed by atoms with Crippen LogP contribution < -0.4 is 9.47 Å².